The number of aliphatic hydroxyl groups is 1. The maximum atomic E-state index is 13.1. The molecule has 5 unspecified atom stereocenters. The van der Waals surface area contributed by atoms with Gasteiger partial charge in [-0.1, -0.05) is 303 Å². The van der Waals surface area contributed by atoms with Gasteiger partial charge in [0.05, 0.1) is 26.4 Å². The van der Waals surface area contributed by atoms with E-state index in [2.05, 4.69) is 149 Å². The van der Waals surface area contributed by atoms with Gasteiger partial charge in [-0.2, -0.15) is 0 Å². The van der Waals surface area contributed by atoms with Gasteiger partial charge in [0.25, 0.3) is 0 Å². The molecule has 17 nitrogen and oxygen atoms in total. The molecule has 0 rings (SSSR count). The van der Waals surface area contributed by atoms with Crippen LogP contribution in [-0.2, 0) is 65.4 Å². The van der Waals surface area contributed by atoms with E-state index in [-0.39, 0.29) is 25.7 Å². The number of phosphoric ester groups is 2. The number of hydrogen-bond acceptors (Lipinski definition) is 15. The summed E-state index contributed by atoms with van der Waals surface area (Å²) in [5, 5.41) is 10.6. The third kappa shape index (κ3) is 75.4. The highest BCUT2D eigenvalue weighted by Crippen LogP contribution is 2.45. The zero-order chi connectivity index (χ0) is 76.0. The van der Waals surface area contributed by atoms with E-state index < -0.39 is 97.5 Å². The highest BCUT2D eigenvalue weighted by atomic mass is 31.2. The second-order valence-electron chi connectivity index (χ2n) is 26.6. The SMILES string of the molecule is CC/C=C\C/C=C\C/C=C\C/C=C\C/C=C\CCCC(=O)OCC(COP(=O)(O)OCC(O)COP(=O)(O)OCC(COC(=O)CCCCCCCCC/C=C\C/C=C\C/C=C\CC)OC(=O)CCCCCCCCCCCCCCC)OC(=O)CCCCCCCCC/C=C\C/C=C\C/C=C\CC. The summed E-state index contributed by atoms with van der Waals surface area (Å²) >= 11 is 0. The Morgan fingerprint density at radius 1 is 0.279 bits per heavy atom. The van der Waals surface area contributed by atoms with E-state index in [0.717, 1.165) is 186 Å². The fourth-order valence-electron chi connectivity index (χ4n) is 10.6. The van der Waals surface area contributed by atoms with Crippen molar-refractivity contribution in [1.29, 1.82) is 0 Å². The maximum absolute atomic E-state index is 13.1. The van der Waals surface area contributed by atoms with Crippen LogP contribution in [0.2, 0.25) is 0 Å². The van der Waals surface area contributed by atoms with E-state index in [1.165, 1.54) is 51.4 Å². The Kier molecular flexibility index (Phi) is 72.9. The van der Waals surface area contributed by atoms with Crippen LogP contribution in [0.25, 0.3) is 0 Å². The summed E-state index contributed by atoms with van der Waals surface area (Å²) in [4.78, 5) is 73.1. The number of ether oxygens (including phenoxy) is 4. The summed E-state index contributed by atoms with van der Waals surface area (Å²) in [5.41, 5.74) is 0. The first kappa shape index (κ1) is 99.2. The average Bonchev–Trinajstić information content (AvgIpc) is 0.910. The molecule has 104 heavy (non-hydrogen) atoms. The highest BCUT2D eigenvalue weighted by molar-refractivity contribution is 7.47. The first-order chi connectivity index (χ1) is 50.7. The number of rotatable bonds is 75. The molecule has 0 saturated heterocycles. The fraction of sp³-hybridized carbons (Fsp3) is 0.694. The highest BCUT2D eigenvalue weighted by Gasteiger charge is 2.30. The minimum atomic E-state index is -5.00. The molecule has 0 bridgehead atoms. The first-order valence-electron chi connectivity index (χ1n) is 40.4. The molecule has 5 atom stereocenters. The Bertz CT molecular complexity index is 2490. The lowest BCUT2D eigenvalue weighted by Gasteiger charge is -2.21. The summed E-state index contributed by atoms with van der Waals surface area (Å²) in [6.07, 6.45) is 85.7. The molecule has 19 heteroatoms. The van der Waals surface area contributed by atoms with Gasteiger partial charge in [0, 0.05) is 25.7 Å². The molecule has 0 aromatic heterocycles. The van der Waals surface area contributed by atoms with E-state index >= 15 is 0 Å². The van der Waals surface area contributed by atoms with Gasteiger partial charge in [-0.3, -0.25) is 37.3 Å². The second-order valence-corrected chi connectivity index (χ2v) is 29.5. The largest absolute Gasteiger partial charge is 0.472 e. The molecule has 0 heterocycles. The Morgan fingerprint density at radius 2 is 0.510 bits per heavy atom. The van der Waals surface area contributed by atoms with Gasteiger partial charge in [-0.05, 0) is 128 Å². The van der Waals surface area contributed by atoms with Gasteiger partial charge in [-0.25, -0.2) is 9.13 Å². The van der Waals surface area contributed by atoms with E-state index in [9.17, 15) is 43.2 Å². The molecule has 0 radical (unpaired) electrons. The molecular weight excluding hydrogens is 1350 g/mol. The quantitative estimate of drug-likeness (QED) is 0.0169. The van der Waals surface area contributed by atoms with Gasteiger partial charge >= 0.3 is 39.5 Å². The van der Waals surface area contributed by atoms with Crippen LogP contribution in [0.3, 0.4) is 0 Å². The summed E-state index contributed by atoms with van der Waals surface area (Å²) < 4.78 is 68.6. The van der Waals surface area contributed by atoms with Crippen LogP contribution in [0.1, 0.15) is 323 Å². The number of unbranched alkanes of at least 4 members (excludes halogenated alkanes) is 27. The minimum absolute atomic E-state index is 0.0687. The molecule has 596 valence electrons. The average molecular weight is 1500 g/mol. The van der Waals surface area contributed by atoms with E-state index in [0.29, 0.717) is 32.1 Å². The molecule has 0 aliphatic carbocycles. The van der Waals surface area contributed by atoms with E-state index in [4.69, 9.17) is 37.0 Å². The Labute approximate surface area is 631 Å². The maximum Gasteiger partial charge on any atom is 0.472 e. The standard InChI is InChI=1S/C85H144O17P2/c1-5-9-13-17-21-25-29-33-36-39-42-46-49-53-57-61-65-69-82(87)95-75-80(101-84(89)71-67-63-59-55-51-45-32-28-24-20-16-12-8-4)77-99-103(91,92)97-73-79(86)74-98-104(93,94)100-78-81(102-85(90)72-68-64-60-56-52-48-44-41-38-35-31-27-23-19-15-11-7-3)76-96-83(88)70-66-62-58-54-50-47-43-40-37-34-30-26-22-18-14-10-6-2/h9-11,13-15,21-23,25-27,33-38,43,47,54,58,79-81,86H,5-8,12,16-20,24,28-32,39-42,44-46,48-53,55-57,59-78H2,1-4H3,(H,91,92)(H,93,94)/b13-9-,14-10-,15-11-,25-21-,26-22-,27-23-,36-33-,37-34-,38-35-,47-43-,58-54-. The van der Waals surface area contributed by atoms with Crippen molar-refractivity contribution in [2.24, 2.45) is 0 Å². The summed E-state index contributed by atoms with van der Waals surface area (Å²) in [7, 11) is -9.98. The molecule has 0 aliphatic rings. The topological polar surface area (TPSA) is 237 Å². The Morgan fingerprint density at radius 3 is 0.808 bits per heavy atom. The first-order valence-corrected chi connectivity index (χ1v) is 43.4. The van der Waals surface area contributed by atoms with Crippen LogP contribution >= 0.6 is 15.6 Å². The van der Waals surface area contributed by atoms with Gasteiger partial charge in [0.2, 0.25) is 0 Å². The van der Waals surface area contributed by atoms with Crippen LogP contribution in [0.4, 0.5) is 0 Å². The predicted molar refractivity (Wildman–Crippen MR) is 427 cm³/mol. The zero-order valence-corrected chi connectivity index (χ0v) is 66.9. The van der Waals surface area contributed by atoms with Crippen LogP contribution in [0.15, 0.2) is 134 Å². The van der Waals surface area contributed by atoms with Crippen LogP contribution < -0.4 is 0 Å². The Balaban J connectivity index is 5.41. The minimum Gasteiger partial charge on any atom is -0.462 e. The molecule has 0 amide bonds. The molecule has 0 saturated carbocycles. The lowest BCUT2D eigenvalue weighted by atomic mass is 10.0. The van der Waals surface area contributed by atoms with Crippen molar-refractivity contribution in [3.63, 3.8) is 0 Å². The van der Waals surface area contributed by atoms with Gasteiger partial charge < -0.3 is 33.8 Å². The fourth-order valence-corrected chi connectivity index (χ4v) is 12.2. The monoisotopic (exact) mass is 1500 g/mol. The molecule has 0 aliphatic heterocycles. The van der Waals surface area contributed by atoms with Crippen molar-refractivity contribution in [1.82, 2.24) is 0 Å². The summed E-state index contributed by atoms with van der Waals surface area (Å²) in [6, 6.07) is 0. The number of carbonyl (C=O) groups is 4. The van der Waals surface area contributed by atoms with Crippen LogP contribution in [0.5, 0.6) is 0 Å². The van der Waals surface area contributed by atoms with Crippen LogP contribution in [-0.4, -0.2) is 96.7 Å². The molecule has 0 fully saturated rings. The van der Waals surface area contributed by atoms with Gasteiger partial charge in [-0.15, -0.1) is 0 Å². The number of allylic oxidation sites excluding steroid dienone is 22. The van der Waals surface area contributed by atoms with Crippen molar-refractivity contribution in [3.8, 4) is 0 Å². The van der Waals surface area contributed by atoms with Crippen molar-refractivity contribution in [3.05, 3.63) is 134 Å². The van der Waals surface area contributed by atoms with Gasteiger partial charge in [0.1, 0.15) is 19.3 Å². The molecule has 0 aromatic carbocycles. The normalized spacial score (nSPS) is 14.6. The predicted octanol–water partition coefficient (Wildman–Crippen LogP) is 23.7. The van der Waals surface area contributed by atoms with E-state index in [1.807, 2.05) is 12.2 Å². The third-order valence-corrected chi connectivity index (χ3v) is 18.5. The van der Waals surface area contributed by atoms with E-state index in [1.54, 1.807) is 0 Å². The second kappa shape index (κ2) is 76.4. The van der Waals surface area contributed by atoms with Gasteiger partial charge in [0.15, 0.2) is 12.2 Å². The number of phosphoric acid groups is 2. The summed E-state index contributed by atoms with van der Waals surface area (Å²) in [6.45, 7) is 4.48. The third-order valence-electron chi connectivity index (χ3n) is 16.6. The number of esters is 4. The zero-order valence-electron chi connectivity index (χ0n) is 65.2. The lowest BCUT2D eigenvalue weighted by molar-refractivity contribution is -0.161. The van der Waals surface area contributed by atoms with Crippen molar-refractivity contribution < 1.29 is 80.2 Å². The van der Waals surface area contributed by atoms with Crippen molar-refractivity contribution in [2.45, 2.75) is 341 Å². The van der Waals surface area contributed by atoms with Crippen LogP contribution in [0, 0.1) is 0 Å². The number of hydrogen-bond donors (Lipinski definition) is 3. The van der Waals surface area contributed by atoms with Crippen molar-refractivity contribution in [2.75, 3.05) is 39.6 Å². The van der Waals surface area contributed by atoms with Crippen molar-refractivity contribution >= 4 is 39.5 Å². The number of carbonyl (C=O) groups excluding carboxylic acids is 4. The number of aliphatic hydroxyl groups excluding tert-OH is 1. The molecule has 0 aromatic rings. The molecule has 0 spiro atoms. The molecule has 3 N–H and O–H groups in total. The lowest BCUT2D eigenvalue weighted by Crippen LogP contribution is -2.30. The summed E-state index contributed by atoms with van der Waals surface area (Å²) in [5.74, 6) is -2.25. The Hall–Kier alpha value is -4.80. The smallest absolute Gasteiger partial charge is 0.462 e. The molecular formula is C85H144O17P2.